The molecule has 6 heteroatoms. The number of aromatic nitrogens is 1. The van der Waals surface area contributed by atoms with Crippen LogP contribution >= 0.6 is 23.2 Å². The fourth-order valence-corrected chi connectivity index (χ4v) is 4.46. The van der Waals surface area contributed by atoms with Gasteiger partial charge in [-0.1, -0.05) is 71.7 Å². The molecular weight excluding hydrogens is 431 g/mol. The minimum Gasteiger partial charge on any atom is -0.506 e. The molecule has 0 fully saturated rings. The van der Waals surface area contributed by atoms with Crippen molar-refractivity contribution >= 4 is 34.1 Å². The molecule has 0 saturated carbocycles. The molecule has 4 aromatic rings. The molecule has 1 aromatic heterocycles. The van der Waals surface area contributed by atoms with E-state index in [0.29, 0.717) is 21.5 Å². The summed E-state index contributed by atoms with van der Waals surface area (Å²) in [6.07, 6.45) is 0.720. The van der Waals surface area contributed by atoms with Crippen molar-refractivity contribution in [2.45, 2.75) is 13.0 Å². The van der Waals surface area contributed by atoms with Crippen molar-refractivity contribution in [2.24, 2.45) is 0 Å². The Labute approximate surface area is 190 Å². The summed E-state index contributed by atoms with van der Waals surface area (Å²) >= 11 is 12.3. The minimum absolute atomic E-state index is 0.148. The molecule has 0 unspecified atom stereocenters. The van der Waals surface area contributed by atoms with Crippen LogP contribution in [0.2, 0.25) is 10.0 Å². The number of nitrogens with one attached hydrogen (secondary N) is 1. The van der Waals surface area contributed by atoms with Crippen LogP contribution in [0, 0.1) is 0 Å². The summed E-state index contributed by atoms with van der Waals surface area (Å²) in [7, 11) is 4.09. The maximum Gasteiger partial charge on any atom is 0.260 e. The zero-order valence-corrected chi connectivity index (χ0v) is 18.8. The zero-order valence-electron chi connectivity index (χ0n) is 17.2. The Kier molecular flexibility index (Phi) is 6.05. The Balaban J connectivity index is 1.74. The van der Waals surface area contributed by atoms with Crippen LogP contribution in [0.5, 0.6) is 5.75 Å². The highest BCUT2D eigenvalue weighted by atomic mass is 35.5. The molecular formula is C25H22Cl2N2O2. The Morgan fingerprint density at radius 1 is 0.935 bits per heavy atom. The number of aromatic hydroxyl groups is 1. The lowest BCUT2D eigenvalue weighted by Crippen LogP contribution is -2.10. The second kappa shape index (κ2) is 8.75. The number of hydrogen-bond donors (Lipinski definition) is 2. The van der Waals surface area contributed by atoms with Gasteiger partial charge in [0.15, 0.2) is 0 Å². The van der Waals surface area contributed by atoms with Gasteiger partial charge >= 0.3 is 0 Å². The maximum absolute atomic E-state index is 12.8. The van der Waals surface area contributed by atoms with Crippen LogP contribution in [0.3, 0.4) is 0 Å². The molecule has 0 amide bonds. The van der Waals surface area contributed by atoms with Gasteiger partial charge in [0.05, 0.1) is 21.5 Å². The fraction of sp³-hybridized carbons (Fsp3) is 0.160. The summed E-state index contributed by atoms with van der Waals surface area (Å²) in [6.45, 7) is 0.874. The van der Waals surface area contributed by atoms with Crippen molar-refractivity contribution in [1.82, 2.24) is 9.88 Å². The van der Waals surface area contributed by atoms with Crippen LogP contribution in [0.4, 0.5) is 0 Å². The van der Waals surface area contributed by atoms with Gasteiger partial charge in [-0.2, -0.15) is 0 Å². The first-order valence-corrected chi connectivity index (χ1v) is 10.6. The van der Waals surface area contributed by atoms with Crippen molar-refractivity contribution in [3.8, 4) is 16.9 Å². The van der Waals surface area contributed by atoms with Crippen molar-refractivity contribution in [1.29, 1.82) is 0 Å². The van der Waals surface area contributed by atoms with Gasteiger partial charge < -0.3 is 15.0 Å². The van der Waals surface area contributed by atoms with E-state index in [1.165, 1.54) is 11.1 Å². The van der Waals surface area contributed by atoms with E-state index in [2.05, 4.69) is 34.1 Å². The zero-order chi connectivity index (χ0) is 22.1. The lowest BCUT2D eigenvalue weighted by atomic mass is 9.97. The van der Waals surface area contributed by atoms with Crippen LogP contribution in [0.25, 0.3) is 22.0 Å². The van der Waals surface area contributed by atoms with Gasteiger partial charge in [-0.05, 0) is 54.9 Å². The summed E-state index contributed by atoms with van der Waals surface area (Å²) < 4.78 is 0. The van der Waals surface area contributed by atoms with Crippen LogP contribution in [-0.2, 0) is 13.0 Å². The van der Waals surface area contributed by atoms with Crippen molar-refractivity contribution in [2.75, 3.05) is 14.1 Å². The average Bonchev–Trinajstić information content (AvgIpc) is 2.67. The van der Waals surface area contributed by atoms with Gasteiger partial charge in [0.2, 0.25) is 0 Å². The van der Waals surface area contributed by atoms with Gasteiger partial charge in [-0.3, -0.25) is 4.79 Å². The molecule has 0 radical (unpaired) electrons. The van der Waals surface area contributed by atoms with Crippen molar-refractivity contribution < 1.29 is 5.11 Å². The molecule has 31 heavy (non-hydrogen) atoms. The highest BCUT2D eigenvalue weighted by Crippen LogP contribution is 2.37. The molecule has 0 saturated heterocycles. The van der Waals surface area contributed by atoms with Gasteiger partial charge in [0, 0.05) is 11.6 Å². The molecule has 4 nitrogen and oxygen atoms in total. The van der Waals surface area contributed by atoms with Gasteiger partial charge in [0.1, 0.15) is 5.75 Å². The molecule has 0 spiro atoms. The van der Waals surface area contributed by atoms with Crippen molar-refractivity contribution in [3.63, 3.8) is 0 Å². The predicted octanol–water partition coefficient (Wildman–Crippen LogP) is 5.86. The average molecular weight is 453 g/mol. The Morgan fingerprint density at radius 2 is 1.61 bits per heavy atom. The number of fused-ring (bicyclic) bond motifs is 1. The van der Waals surface area contributed by atoms with Gasteiger partial charge in [-0.25, -0.2) is 0 Å². The number of hydrogen-bond acceptors (Lipinski definition) is 3. The number of nitrogens with zero attached hydrogens (tertiary/aromatic N) is 1. The summed E-state index contributed by atoms with van der Waals surface area (Å²) in [4.78, 5) is 17.7. The quantitative estimate of drug-likeness (QED) is 0.398. The van der Waals surface area contributed by atoms with Crippen LogP contribution in [0.1, 0.15) is 16.7 Å². The normalized spacial score (nSPS) is 11.4. The van der Waals surface area contributed by atoms with E-state index < -0.39 is 5.56 Å². The number of rotatable bonds is 5. The molecule has 1 heterocycles. The second-order valence-corrected chi connectivity index (χ2v) is 8.77. The third kappa shape index (κ3) is 4.62. The lowest BCUT2D eigenvalue weighted by Gasteiger charge is -2.12. The standard InChI is InChI=1S/C25H22Cl2N2O2/c1-29(2)14-17-7-3-5-15(10-17)9-16-6-4-8-18(11-16)22-24(30)23-20(27)12-19(26)13-21(23)28-25(22)31/h3-8,10-13H,9,14H2,1-2H3,(H2,28,30,31). The summed E-state index contributed by atoms with van der Waals surface area (Å²) in [5.74, 6) is -0.148. The summed E-state index contributed by atoms with van der Waals surface area (Å²) in [5, 5.41) is 12.0. The van der Waals surface area contributed by atoms with E-state index >= 15 is 0 Å². The first kappa shape index (κ1) is 21.4. The second-order valence-electron chi connectivity index (χ2n) is 7.92. The Bertz CT molecular complexity index is 1330. The minimum atomic E-state index is -0.395. The van der Waals surface area contributed by atoms with Gasteiger partial charge in [0.25, 0.3) is 5.56 Å². The SMILES string of the molecule is CN(C)Cc1cccc(Cc2cccc(-c3c(O)c4c(Cl)cc(Cl)cc4[nH]c3=O)c2)c1. The smallest absolute Gasteiger partial charge is 0.260 e. The fourth-order valence-electron chi connectivity index (χ4n) is 3.87. The van der Waals surface area contributed by atoms with Crippen molar-refractivity contribution in [3.05, 3.63) is 97.8 Å². The monoisotopic (exact) mass is 452 g/mol. The molecule has 0 bridgehead atoms. The number of aromatic amines is 1. The lowest BCUT2D eigenvalue weighted by molar-refractivity contribution is 0.402. The molecule has 0 atom stereocenters. The summed E-state index contributed by atoms with van der Waals surface area (Å²) in [5.41, 5.74) is 4.31. The first-order valence-electron chi connectivity index (χ1n) is 9.87. The first-order chi connectivity index (χ1) is 14.8. The topological polar surface area (TPSA) is 56.3 Å². The van der Waals surface area contributed by atoms with E-state index in [1.807, 2.05) is 38.4 Å². The number of halogens is 2. The molecule has 0 aliphatic carbocycles. The third-order valence-corrected chi connectivity index (χ3v) is 5.63. The van der Waals surface area contributed by atoms with E-state index in [4.69, 9.17) is 23.2 Å². The molecule has 2 N–H and O–H groups in total. The van der Waals surface area contributed by atoms with Crippen LogP contribution in [-0.4, -0.2) is 29.1 Å². The number of pyridine rings is 1. The highest BCUT2D eigenvalue weighted by molar-refractivity contribution is 6.39. The van der Waals surface area contributed by atoms with E-state index in [1.54, 1.807) is 12.1 Å². The molecule has 158 valence electrons. The largest absolute Gasteiger partial charge is 0.506 e. The Morgan fingerprint density at radius 3 is 2.35 bits per heavy atom. The Hall–Kier alpha value is -2.79. The molecule has 4 rings (SSSR count). The number of H-pyrrole nitrogens is 1. The maximum atomic E-state index is 12.8. The van der Waals surface area contributed by atoms with E-state index in [0.717, 1.165) is 18.5 Å². The summed E-state index contributed by atoms with van der Waals surface area (Å²) in [6, 6.07) is 19.2. The highest BCUT2D eigenvalue weighted by Gasteiger charge is 2.17. The number of benzene rings is 3. The van der Waals surface area contributed by atoms with Crippen LogP contribution in [0.15, 0.2) is 65.5 Å². The van der Waals surface area contributed by atoms with E-state index in [-0.39, 0.29) is 16.3 Å². The predicted molar refractivity (Wildman–Crippen MR) is 128 cm³/mol. The molecule has 0 aliphatic rings. The van der Waals surface area contributed by atoms with E-state index in [9.17, 15) is 9.90 Å². The third-order valence-electron chi connectivity index (χ3n) is 5.12. The molecule has 0 aliphatic heterocycles. The van der Waals surface area contributed by atoms with Gasteiger partial charge in [-0.15, -0.1) is 0 Å². The van der Waals surface area contributed by atoms with Crippen LogP contribution < -0.4 is 5.56 Å². The molecule has 3 aromatic carbocycles.